The highest BCUT2D eigenvalue weighted by molar-refractivity contribution is 7.10. The Balaban J connectivity index is 1.81. The van der Waals surface area contributed by atoms with Gasteiger partial charge in [-0.2, -0.15) is 0 Å². The molecule has 0 saturated carbocycles. The second-order valence-electron chi connectivity index (χ2n) is 5.92. The number of thiophene rings is 1. The minimum absolute atomic E-state index is 0.0238. The predicted molar refractivity (Wildman–Crippen MR) is 89.2 cm³/mol. The Labute approximate surface area is 134 Å². The van der Waals surface area contributed by atoms with Gasteiger partial charge in [-0.25, -0.2) is 0 Å². The van der Waals surface area contributed by atoms with Crippen molar-refractivity contribution >= 4 is 23.2 Å². The standard InChI is InChI=1S/C17H19N3OS/c1-17(10-15(21)20(2)16(18)19-17)14-9-13(11-22-14)8-12-6-4-3-5-7-12/h3-7,9,11H,8,10H2,1-2H3,(H2,18,19)/t17-/m0/s1. The molecule has 5 heteroatoms. The van der Waals surface area contributed by atoms with E-state index in [-0.39, 0.29) is 11.9 Å². The van der Waals surface area contributed by atoms with Crippen molar-refractivity contribution in [2.24, 2.45) is 0 Å². The van der Waals surface area contributed by atoms with Gasteiger partial charge in [0.05, 0.1) is 12.0 Å². The molecule has 0 unspecified atom stereocenters. The molecule has 1 aromatic heterocycles. The van der Waals surface area contributed by atoms with Crippen LogP contribution >= 0.6 is 11.3 Å². The second kappa shape index (κ2) is 5.57. The van der Waals surface area contributed by atoms with Crippen LogP contribution < -0.4 is 5.32 Å². The van der Waals surface area contributed by atoms with Gasteiger partial charge in [0.15, 0.2) is 5.96 Å². The fourth-order valence-corrected chi connectivity index (χ4v) is 3.71. The number of benzene rings is 1. The van der Waals surface area contributed by atoms with Gasteiger partial charge in [0.25, 0.3) is 0 Å². The highest BCUT2D eigenvalue weighted by atomic mass is 32.1. The summed E-state index contributed by atoms with van der Waals surface area (Å²) in [7, 11) is 1.63. The maximum absolute atomic E-state index is 12.0. The number of guanidine groups is 1. The van der Waals surface area contributed by atoms with E-state index < -0.39 is 5.54 Å². The Morgan fingerprint density at radius 1 is 1.32 bits per heavy atom. The molecule has 2 N–H and O–H groups in total. The summed E-state index contributed by atoms with van der Waals surface area (Å²) in [6, 6.07) is 12.5. The average Bonchev–Trinajstić information content (AvgIpc) is 2.95. The minimum atomic E-state index is -0.486. The summed E-state index contributed by atoms with van der Waals surface area (Å²) in [6.07, 6.45) is 1.26. The molecule has 1 aliphatic rings. The van der Waals surface area contributed by atoms with Crippen LogP contribution in [0.4, 0.5) is 0 Å². The lowest BCUT2D eigenvalue weighted by molar-refractivity contribution is -0.129. The van der Waals surface area contributed by atoms with Crippen LogP contribution in [0.25, 0.3) is 0 Å². The lowest BCUT2D eigenvalue weighted by atomic mass is 9.92. The van der Waals surface area contributed by atoms with Crippen molar-refractivity contribution in [2.75, 3.05) is 7.05 Å². The van der Waals surface area contributed by atoms with Crippen molar-refractivity contribution in [3.05, 3.63) is 57.8 Å². The maximum Gasteiger partial charge on any atom is 0.231 e. The van der Waals surface area contributed by atoms with Crippen molar-refractivity contribution in [3.63, 3.8) is 0 Å². The number of nitrogens with one attached hydrogen (secondary N) is 2. The van der Waals surface area contributed by atoms with Crippen LogP contribution in [0.1, 0.15) is 29.3 Å². The molecular weight excluding hydrogens is 294 g/mol. The summed E-state index contributed by atoms with van der Waals surface area (Å²) < 4.78 is 0. The van der Waals surface area contributed by atoms with E-state index in [4.69, 9.17) is 5.41 Å². The molecule has 1 amide bonds. The molecule has 1 atom stereocenters. The van der Waals surface area contributed by atoms with Gasteiger partial charge in [0.2, 0.25) is 5.91 Å². The van der Waals surface area contributed by atoms with E-state index in [2.05, 4.69) is 28.9 Å². The van der Waals surface area contributed by atoms with Crippen LogP contribution in [-0.4, -0.2) is 23.8 Å². The predicted octanol–water partition coefficient (Wildman–Crippen LogP) is 2.94. The number of hydrogen-bond donors (Lipinski definition) is 2. The molecule has 4 nitrogen and oxygen atoms in total. The van der Waals surface area contributed by atoms with Crippen molar-refractivity contribution in [2.45, 2.75) is 25.3 Å². The second-order valence-corrected chi connectivity index (χ2v) is 6.83. The largest absolute Gasteiger partial charge is 0.345 e. The van der Waals surface area contributed by atoms with E-state index in [0.29, 0.717) is 6.42 Å². The Morgan fingerprint density at radius 2 is 2.05 bits per heavy atom. The van der Waals surface area contributed by atoms with Gasteiger partial charge in [0, 0.05) is 11.9 Å². The Bertz CT molecular complexity index is 690. The lowest BCUT2D eigenvalue weighted by Crippen LogP contribution is -2.57. The average molecular weight is 313 g/mol. The third-order valence-electron chi connectivity index (χ3n) is 4.06. The van der Waals surface area contributed by atoms with Crippen molar-refractivity contribution in [1.29, 1.82) is 5.41 Å². The highest BCUT2D eigenvalue weighted by Crippen LogP contribution is 2.33. The normalized spacial score (nSPS) is 21.8. The number of carbonyl (C=O) groups is 1. The monoisotopic (exact) mass is 313 g/mol. The van der Waals surface area contributed by atoms with E-state index in [0.717, 1.165) is 11.3 Å². The van der Waals surface area contributed by atoms with Gasteiger partial charge >= 0.3 is 0 Å². The highest BCUT2D eigenvalue weighted by Gasteiger charge is 2.38. The summed E-state index contributed by atoms with van der Waals surface area (Å²) in [5.74, 6) is 0.140. The van der Waals surface area contributed by atoms with E-state index in [1.807, 2.05) is 25.1 Å². The molecule has 1 fully saturated rings. The molecule has 2 aromatic rings. The Kier molecular flexibility index (Phi) is 3.74. The number of amides is 1. The smallest absolute Gasteiger partial charge is 0.231 e. The summed E-state index contributed by atoms with van der Waals surface area (Å²) in [4.78, 5) is 14.5. The van der Waals surface area contributed by atoms with E-state index in [9.17, 15) is 4.79 Å². The van der Waals surface area contributed by atoms with Crippen LogP contribution in [0.15, 0.2) is 41.8 Å². The minimum Gasteiger partial charge on any atom is -0.345 e. The lowest BCUT2D eigenvalue weighted by Gasteiger charge is -2.38. The zero-order valence-corrected chi connectivity index (χ0v) is 13.5. The van der Waals surface area contributed by atoms with E-state index in [1.165, 1.54) is 16.0 Å². The molecule has 3 rings (SSSR count). The van der Waals surface area contributed by atoms with Gasteiger partial charge < -0.3 is 5.32 Å². The first-order chi connectivity index (χ1) is 10.5. The fraction of sp³-hybridized carbons (Fsp3) is 0.294. The summed E-state index contributed by atoms with van der Waals surface area (Å²) in [6.45, 7) is 1.99. The van der Waals surface area contributed by atoms with Crippen molar-refractivity contribution < 1.29 is 4.79 Å². The SMILES string of the molecule is CN1C(=N)N[C@](C)(c2cc(Cc3ccccc3)cs2)CC1=O. The molecular formula is C17H19N3OS. The third-order valence-corrected chi connectivity index (χ3v) is 5.30. The molecule has 114 valence electrons. The first-order valence-corrected chi connectivity index (χ1v) is 8.11. The Hall–Kier alpha value is -2.14. The molecule has 1 aliphatic heterocycles. The number of rotatable bonds is 3. The number of nitrogens with zero attached hydrogens (tertiary/aromatic N) is 1. The van der Waals surface area contributed by atoms with E-state index in [1.54, 1.807) is 18.4 Å². The quantitative estimate of drug-likeness (QED) is 0.915. The molecule has 0 radical (unpaired) electrons. The first kappa shape index (κ1) is 14.8. The van der Waals surface area contributed by atoms with Crippen LogP contribution in [0, 0.1) is 5.41 Å². The van der Waals surface area contributed by atoms with Gasteiger partial charge in [-0.1, -0.05) is 30.3 Å². The van der Waals surface area contributed by atoms with Crippen molar-refractivity contribution in [3.8, 4) is 0 Å². The van der Waals surface area contributed by atoms with Gasteiger partial charge in [-0.15, -0.1) is 11.3 Å². The third kappa shape index (κ3) is 2.76. The molecule has 0 spiro atoms. The Morgan fingerprint density at radius 3 is 2.73 bits per heavy atom. The summed E-state index contributed by atoms with van der Waals surface area (Å²) in [5.41, 5.74) is 2.03. The number of hydrogen-bond acceptors (Lipinski definition) is 3. The first-order valence-electron chi connectivity index (χ1n) is 7.23. The molecule has 0 aliphatic carbocycles. The molecule has 1 aromatic carbocycles. The topological polar surface area (TPSA) is 56.2 Å². The summed E-state index contributed by atoms with van der Waals surface area (Å²) >= 11 is 1.65. The van der Waals surface area contributed by atoms with Crippen LogP contribution in [0.5, 0.6) is 0 Å². The fourth-order valence-electron chi connectivity index (χ4n) is 2.67. The summed E-state index contributed by atoms with van der Waals surface area (Å²) in [5, 5.41) is 13.2. The van der Waals surface area contributed by atoms with Crippen LogP contribution in [-0.2, 0) is 16.8 Å². The van der Waals surface area contributed by atoms with Gasteiger partial charge in [-0.3, -0.25) is 15.1 Å². The maximum atomic E-state index is 12.0. The molecule has 0 bridgehead atoms. The molecule has 1 saturated heterocycles. The van der Waals surface area contributed by atoms with Crippen LogP contribution in [0.3, 0.4) is 0 Å². The molecule has 22 heavy (non-hydrogen) atoms. The number of carbonyl (C=O) groups excluding carboxylic acids is 1. The molecule has 2 heterocycles. The zero-order chi connectivity index (χ0) is 15.7. The zero-order valence-electron chi connectivity index (χ0n) is 12.7. The van der Waals surface area contributed by atoms with Crippen molar-refractivity contribution in [1.82, 2.24) is 10.2 Å². The van der Waals surface area contributed by atoms with Gasteiger partial charge in [-0.05, 0) is 35.9 Å². The van der Waals surface area contributed by atoms with Gasteiger partial charge in [0.1, 0.15) is 0 Å². The van der Waals surface area contributed by atoms with E-state index >= 15 is 0 Å². The van der Waals surface area contributed by atoms with Crippen LogP contribution in [0.2, 0.25) is 0 Å².